The van der Waals surface area contributed by atoms with Crippen molar-refractivity contribution in [2.45, 2.75) is 18.9 Å². The van der Waals surface area contributed by atoms with Gasteiger partial charge in [-0.15, -0.1) is 0 Å². The molecular weight excluding hydrogens is 354 g/mol. The smallest absolute Gasteiger partial charge is 0.407 e. The standard InChI is InChI=1S/C17H19N5O5/c18-16(24)21-15-12(20-14(27-15)10-5-2-1-3-6-10)13(23)19-11-7-4-8-22(9-11)17(25)26/h1-3,5-6,11H,4,7-9H2,(H,19,23)(H,25,26)(H3,18,21,24)/t11-/m0/s1. The van der Waals surface area contributed by atoms with Gasteiger partial charge >= 0.3 is 12.1 Å². The number of rotatable bonds is 4. The molecule has 2 aromatic rings. The SMILES string of the molecule is NC(=O)Nc1oc(-c2ccccc2)nc1C(=O)N[C@H]1CCCN(C(=O)O)C1. The Bertz CT molecular complexity index is 851. The lowest BCUT2D eigenvalue weighted by Crippen LogP contribution is -2.49. The number of benzene rings is 1. The van der Waals surface area contributed by atoms with Gasteiger partial charge in [-0.05, 0) is 25.0 Å². The van der Waals surface area contributed by atoms with Crippen LogP contribution in [0.2, 0.25) is 0 Å². The maximum Gasteiger partial charge on any atom is 0.407 e. The first-order valence-corrected chi connectivity index (χ1v) is 8.35. The number of likely N-dealkylation sites (tertiary alicyclic amines) is 1. The predicted octanol–water partition coefficient (Wildman–Crippen LogP) is 1.70. The molecule has 3 rings (SSSR count). The van der Waals surface area contributed by atoms with Crippen LogP contribution in [0.3, 0.4) is 0 Å². The van der Waals surface area contributed by atoms with Crippen molar-refractivity contribution in [1.29, 1.82) is 0 Å². The number of aromatic nitrogens is 1. The molecule has 1 aliphatic rings. The zero-order valence-corrected chi connectivity index (χ0v) is 14.3. The Labute approximate surface area is 154 Å². The van der Waals surface area contributed by atoms with E-state index in [0.29, 0.717) is 24.9 Å². The monoisotopic (exact) mass is 373 g/mol. The van der Waals surface area contributed by atoms with E-state index in [4.69, 9.17) is 15.3 Å². The number of piperidine rings is 1. The van der Waals surface area contributed by atoms with Gasteiger partial charge in [-0.1, -0.05) is 18.2 Å². The van der Waals surface area contributed by atoms with Crippen LogP contribution in [0.5, 0.6) is 0 Å². The fourth-order valence-electron chi connectivity index (χ4n) is 2.90. The van der Waals surface area contributed by atoms with Crippen LogP contribution in [0, 0.1) is 0 Å². The first-order valence-electron chi connectivity index (χ1n) is 8.35. The van der Waals surface area contributed by atoms with Crippen molar-refractivity contribution in [3.63, 3.8) is 0 Å². The van der Waals surface area contributed by atoms with Gasteiger partial charge in [0.15, 0.2) is 5.69 Å². The maximum atomic E-state index is 12.6. The molecule has 1 saturated heterocycles. The largest absolute Gasteiger partial charge is 0.465 e. The van der Waals surface area contributed by atoms with E-state index in [2.05, 4.69) is 15.6 Å². The minimum absolute atomic E-state index is 0.125. The number of nitrogens with two attached hydrogens (primary N) is 1. The molecule has 0 radical (unpaired) electrons. The van der Waals surface area contributed by atoms with Gasteiger partial charge in [0.05, 0.1) is 0 Å². The van der Waals surface area contributed by atoms with Gasteiger partial charge in [0.25, 0.3) is 5.91 Å². The van der Waals surface area contributed by atoms with E-state index in [1.165, 1.54) is 4.90 Å². The van der Waals surface area contributed by atoms with Crippen molar-refractivity contribution in [1.82, 2.24) is 15.2 Å². The molecule has 1 aromatic carbocycles. The summed E-state index contributed by atoms with van der Waals surface area (Å²) in [6.07, 6.45) is 0.243. The highest BCUT2D eigenvalue weighted by atomic mass is 16.4. The zero-order valence-electron chi connectivity index (χ0n) is 14.3. The lowest BCUT2D eigenvalue weighted by atomic mass is 10.1. The number of anilines is 1. The molecular formula is C17H19N5O5. The second-order valence-electron chi connectivity index (χ2n) is 6.09. The minimum atomic E-state index is -1.03. The summed E-state index contributed by atoms with van der Waals surface area (Å²) >= 11 is 0. The van der Waals surface area contributed by atoms with Crippen LogP contribution in [-0.2, 0) is 0 Å². The number of carboxylic acid groups (broad SMARTS) is 1. The summed E-state index contributed by atoms with van der Waals surface area (Å²) in [6, 6.07) is 7.61. The molecule has 0 bridgehead atoms. The number of amides is 4. The topological polar surface area (TPSA) is 151 Å². The fourth-order valence-corrected chi connectivity index (χ4v) is 2.90. The molecule has 2 heterocycles. The molecule has 1 aromatic heterocycles. The van der Waals surface area contributed by atoms with Crippen LogP contribution in [0.4, 0.5) is 15.5 Å². The lowest BCUT2D eigenvalue weighted by Gasteiger charge is -2.30. The molecule has 1 fully saturated rings. The summed E-state index contributed by atoms with van der Waals surface area (Å²) in [7, 11) is 0. The quantitative estimate of drug-likeness (QED) is 0.640. The Morgan fingerprint density at radius 1 is 1.26 bits per heavy atom. The molecule has 1 aliphatic heterocycles. The molecule has 0 aliphatic carbocycles. The number of urea groups is 1. The van der Waals surface area contributed by atoms with Gasteiger partial charge < -0.3 is 25.5 Å². The molecule has 5 N–H and O–H groups in total. The molecule has 10 nitrogen and oxygen atoms in total. The third-order valence-electron chi connectivity index (χ3n) is 4.13. The molecule has 0 saturated carbocycles. The van der Waals surface area contributed by atoms with E-state index < -0.39 is 18.0 Å². The van der Waals surface area contributed by atoms with Crippen molar-refractivity contribution >= 4 is 23.9 Å². The van der Waals surface area contributed by atoms with Crippen molar-refractivity contribution < 1.29 is 23.9 Å². The molecule has 1 atom stereocenters. The van der Waals surface area contributed by atoms with Gasteiger partial charge in [0.2, 0.25) is 11.8 Å². The number of primary amides is 1. The van der Waals surface area contributed by atoms with E-state index in [-0.39, 0.29) is 30.1 Å². The number of hydrogen-bond donors (Lipinski definition) is 4. The Morgan fingerprint density at radius 2 is 2.00 bits per heavy atom. The highest BCUT2D eigenvalue weighted by Gasteiger charge is 2.28. The Balaban J connectivity index is 1.81. The van der Waals surface area contributed by atoms with Crippen molar-refractivity contribution in [2.75, 3.05) is 18.4 Å². The van der Waals surface area contributed by atoms with Crippen LogP contribution in [0.1, 0.15) is 23.3 Å². The molecule has 4 amide bonds. The average Bonchev–Trinajstić information content (AvgIpc) is 3.06. The van der Waals surface area contributed by atoms with E-state index in [9.17, 15) is 14.4 Å². The summed E-state index contributed by atoms with van der Waals surface area (Å²) in [5, 5.41) is 14.1. The van der Waals surface area contributed by atoms with E-state index in [1.54, 1.807) is 24.3 Å². The van der Waals surface area contributed by atoms with Gasteiger partial charge in [-0.25, -0.2) is 14.6 Å². The first-order chi connectivity index (χ1) is 12.9. The van der Waals surface area contributed by atoms with E-state index >= 15 is 0 Å². The van der Waals surface area contributed by atoms with Crippen LogP contribution in [-0.4, -0.2) is 52.2 Å². The highest BCUT2D eigenvalue weighted by molar-refractivity contribution is 6.00. The number of carbonyl (C=O) groups excluding carboxylic acids is 2. The normalized spacial score (nSPS) is 16.6. The molecule has 0 unspecified atom stereocenters. The molecule has 27 heavy (non-hydrogen) atoms. The van der Waals surface area contributed by atoms with E-state index in [0.717, 1.165) is 0 Å². The molecule has 10 heteroatoms. The summed E-state index contributed by atoms with van der Waals surface area (Å²) in [6.45, 7) is 0.612. The summed E-state index contributed by atoms with van der Waals surface area (Å²) in [5.74, 6) is -0.591. The van der Waals surface area contributed by atoms with E-state index in [1.807, 2.05) is 6.07 Å². The van der Waals surface area contributed by atoms with Crippen molar-refractivity contribution in [3.05, 3.63) is 36.0 Å². The highest BCUT2D eigenvalue weighted by Crippen LogP contribution is 2.26. The number of carbonyl (C=O) groups is 3. The van der Waals surface area contributed by atoms with Crippen molar-refractivity contribution in [2.24, 2.45) is 5.73 Å². The second-order valence-corrected chi connectivity index (χ2v) is 6.09. The number of nitrogens with zero attached hydrogens (tertiary/aromatic N) is 2. The first kappa shape index (κ1) is 18.2. The Morgan fingerprint density at radius 3 is 2.67 bits per heavy atom. The van der Waals surface area contributed by atoms with Crippen LogP contribution < -0.4 is 16.4 Å². The fraction of sp³-hybridized carbons (Fsp3) is 0.294. The number of oxazole rings is 1. The average molecular weight is 373 g/mol. The van der Waals surface area contributed by atoms with Crippen molar-refractivity contribution in [3.8, 4) is 11.5 Å². The maximum absolute atomic E-state index is 12.6. The van der Waals surface area contributed by atoms with Gasteiger partial charge in [0, 0.05) is 24.7 Å². The number of hydrogen-bond acceptors (Lipinski definition) is 5. The molecule has 0 spiro atoms. The van der Waals surface area contributed by atoms with Crippen LogP contribution >= 0.6 is 0 Å². The third kappa shape index (κ3) is 4.35. The Kier molecular flexibility index (Phi) is 5.25. The van der Waals surface area contributed by atoms with Gasteiger partial charge in [-0.3, -0.25) is 10.1 Å². The summed E-state index contributed by atoms with van der Waals surface area (Å²) < 4.78 is 5.49. The van der Waals surface area contributed by atoms with Crippen LogP contribution in [0.15, 0.2) is 34.7 Å². The van der Waals surface area contributed by atoms with Gasteiger partial charge in [-0.2, -0.15) is 0 Å². The van der Waals surface area contributed by atoms with Gasteiger partial charge in [0.1, 0.15) is 0 Å². The second kappa shape index (κ2) is 7.77. The predicted molar refractivity (Wildman–Crippen MR) is 95.2 cm³/mol. The third-order valence-corrected chi connectivity index (χ3v) is 4.13. The Hall–Kier alpha value is -3.56. The molecule has 142 valence electrons. The number of nitrogens with one attached hydrogen (secondary N) is 2. The zero-order chi connectivity index (χ0) is 19.4. The minimum Gasteiger partial charge on any atom is -0.465 e. The summed E-state index contributed by atoms with van der Waals surface area (Å²) in [5.41, 5.74) is 5.63. The summed E-state index contributed by atoms with van der Waals surface area (Å²) in [4.78, 5) is 40.4. The lowest BCUT2D eigenvalue weighted by molar-refractivity contribution is 0.0885. The van der Waals surface area contributed by atoms with Crippen LogP contribution in [0.25, 0.3) is 11.5 Å².